The summed E-state index contributed by atoms with van der Waals surface area (Å²) in [5.41, 5.74) is 1.38. The lowest BCUT2D eigenvalue weighted by molar-refractivity contribution is -0.141. The molecule has 37 heavy (non-hydrogen) atoms. The predicted octanol–water partition coefficient (Wildman–Crippen LogP) is 2.22. The molecule has 1 amide bonds. The van der Waals surface area contributed by atoms with E-state index < -0.39 is 5.60 Å². The van der Waals surface area contributed by atoms with Gasteiger partial charge in [-0.3, -0.25) is 9.36 Å². The van der Waals surface area contributed by atoms with Gasteiger partial charge in [0.15, 0.2) is 0 Å². The van der Waals surface area contributed by atoms with Crippen molar-refractivity contribution >= 4 is 23.4 Å². The number of aryl methyl sites for hydroxylation is 1. The summed E-state index contributed by atoms with van der Waals surface area (Å²) in [6.07, 6.45) is 6.23. The SMILES string of the molecule is Cc1ccc(-n2ccc3c2=NCN(CC2(O)CCN(C(=O)[C@@H]4CCNC[C@H]4c4ccccc4)CC2)C=3)s1. The maximum absolute atomic E-state index is 13.6. The van der Waals surface area contributed by atoms with Gasteiger partial charge in [0.25, 0.3) is 0 Å². The van der Waals surface area contributed by atoms with Gasteiger partial charge in [-0.15, -0.1) is 11.3 Å². The van der Waals surface area contributed by atoms with E-state index in [0.29, 0.717) is 39.1 Å². The number of amides is 1. The number of benzene rings is 1. The molecule has 1 aromatic carbocycles. The highest BCUT2D eigenvalue weighted by Crippen LogP contribution is 2.33. The van der Waals surface area contributed by atoms with Crippen molar-refractivity contribution in [1.82, 2.24) is 19.7 Å². The number of likely N-dealkylation sites (tertiary alicyclic amines) is 1. The number of rotatable bonds is 5. The molecule has 3 aliphatic rings. The summed E-state index contributed by atoms with van der Waals surface area (Å²) >= 11 is 1.76. The summed E-state index contributed by atoms with van der Waals surface area (Å²) in [4.78, 5) is 23.8. The molecule has 2 fully saturated rings. The van der Waals surface area contributed by atoms with Gasteiger partial charge in [0, 0.05) is 60.5 Å². The molecule has 2 aromatic heterocycles. The van der Waals surface area contributed by atoms with Crippen LogP contribution in [0.15, 0.2) is 59.7 Å². The standard InChI is InChI=1S/C29H35N5O2S/c1-21-7-8-26(37-21)34-14-10-23-18-32(20-31-27(23)34)19-29(36)11-15-33(16-12-29)28(35)24-9-13-30-17-25(24)22-5-3-2-4-6-22/h2-8,10,14,18,24-25,30,36H,9,11-13,15-17,19-20H2,1H3/t24-,25+/m1/s1. The third kappa shape index (κ3) is 4.98. The summed E-state index contributed by atoms with van der Waals surface area (Å²) < 4.78 is 2.14. The zero-order valence-corrected chi connectivity index (χ0v) is 22.2. The average Bonchev–Trinajstić information content (AvgIpc) is 3.54. The number of carbonyl (C=O) groups is 1. The molecule has 7 nitrogen and oxygen atoms in total. The van der Waals surface area contributed by atoms with Crippen molar-refractivity contribution in [2.75, 3.05) is 39.4 Å². The van der Waals surface area contributed by atoms with Crippen LogP contribution in [0.25, 0.3) is 11.2 Å². The van der Waals surface area contributed by atoms with Crippen LogP contribution in [-0.2, 0) is 4.79 Å². The van der Waals surface area contributed by atoms with E-state index >= 15 is 0 Å². The van der Waals surface area contributed by atoms with Crippen molar-refractivity contribution in [3.05, 3.63) is 75.9 Å². The van der Waals surface area contributed by atoms with Crippen LogP contribution in [0.4, 0.5) is 0 Å². The molecule has 0 saturated carbocycles. The second kappa shape index (κ2) is 10.1. The van der Waals surface area contributed by atoms with E-state index in [1.807, 2.05) is 11.0 Å². The third-order valence-corrected chi connectivity index (χ3v) is 9.11. The smallest absolute Gasteiger partial charge is 0.226 e. The highest BCUT2D eigenvalue weighted by Gasteiger charge is 2.39. The van der Waals surface area contributed by atoms with Crippen LogP contribution in [-0.4, -0.2) is 70.4 Å². The summed E-state index contributed by atoms with van der Waals surface area (Å²) in [5, 5.41) is 17.2. The number of nitrogens with one attached hydrogen (secondary N) is 1. The van der Waals surface area contributed by atoms with Crippen molar-refractivity contribution in [2.24, 2.45) is 10.9 Å². The molecule has 6 rings (SSSR count). The van der Waals surface area contributed by atoms with Crippen LogP contribution >= 0.6 is 11.3 Å². The third-order valence-electron chi connectivity index (χ3n) is 8.11. The van der Waals surface area contributed by atoms with Crippen LogP contribution in [0, 0.1) is 12.8 Å². The summed E-state index contributed by atoms with van der Waals surface area (Å²) in [7, 11) is 0. The minimum absolute atomic E-state index is 0.00124. The maximum atomic E-state index is 13.6. The van der Waals surface area contributed by atoms with Crippen LogP contribution in [0.5, 0.6) is 0 Å². The van der Waals surface area contributed by atoms with Crippen LogP contribution in [0.3, 0.4) is 0 Å². The number of hydrogen-bond acceptors (Lipinski definition) is 6. The van der Waals surface area contributed by atoms with Crippen molar-refractivity contribution in [3.8, 4) is 5.00 Å². The van der Waals surface area contributed by atoms with Gasteiger partial charge in [0.1, 0.15) is 17.2 Å². The molecule has 3 aromatic rings. The van der Waals surface area contributed by atoms with Gasteiger partial charge in [-0.05, 0) is 56.5 Å². The Kier molecular flexibility index (Phi) is 6.65. The van der Waals surface area contributed by atoms with Crippen molar-refractivity contribution in [3.63, 3.8) is 0 Å². The molecule has 0 aliphatic carbocycles. The first-order chi connectivity index (χ1) is 18.0. The molecule has 0 radical (unpaired) electrons. The zero-order valence-electron chi connectivity index (χ0n) is 21.3. The number of thiophene rings is 1. The zero-order chi connectivity index (χ0) is 25.4. The number of nitrogens with zero attached hydrogens (tertiary/aromatic N) is 4. The molecule has 8 heteroatoms. The first kappa shape index (κ1) is 24.4. The van der Waals surface area contributed by atoms with Gasteiger partial charge in [0.05, 0.1) is 5.60 Å². The fourth-order valence-electron chi connectivity index (χ4n) is 6.05. The molecule has 0 spiro atoms. The second-order valence-corrected chi connectivity index (χ2v) is 12.0. The average molecular weight is 518 g/mol. The number of aromatic nitrogens is 1. The lowest BCUT2D eigenvalue weighted by Crippen LogP contribution is -2.54. The quantitative estimate of drug-likeness (QED) is 0.545. The lowest BCUT2D eigenvalue weighted by atomic mass is 9.80. The minimum atomic E-state index is -0.819. The van der Waals surface area contributed by atoms with Gasteiger partial charge in [-0.25, -0.2) is 4.99 Å². The van der Waals surface area contributed by atoms with Crippen molar-refractivity contribution < 1.29 is 9.90 Å². The van der Waals surface area contributed by atoms with Crippen LogP contribution in [0.1, 0.15) is 35.6 Å². The molecule has 0 unspecified atom stereocenters. The Hall–Kier alpha value is -2.94. The molecule has 2 saturated heterocycles. The number of β-amino-alcohol motifs (C(OH)–C–C–N with tert-alkyl or cyclic N) is 1. The molecular formula is C29H35N5O2S. The van der Waals surface area contributed by atoms with Gasteiger partial charge in [-0.1, -0.05) is 30.3 Å². The van der Waals surface area contributed by atoms with Gasteiger partial charge >= 0.3 is 0 Å². The van der Waals surface area contributed by atoms with Gasteiger partial charge in [0.2, 0.25) is 5.91 Å². The highest BCUT2D eigenvalue weighted by molar-refractivity contribution is 7.14. The monoisotopic (exact) mass is 517 g/mol. The topological polar surface area (TPSA) is 73.1 Å². The van der Waals surface area contributed by atoms with E-state index in [2.05, 4.69) is 76.6 Å². The van der Waals surface area contributed by atoms with E-state index in [1.165, 1.54) is 15.4 Å². The second-order valence-electron chi connectivity index (χ2n) is 10.7. The normalized spacial score (nSPS) is 23.2. The highest BCUT2D eigenvalue weighted by atomic mass is 32.1. The fraction of sp³-hybridized carbons (Fsp3) is 0.448. The Balaban J connectivity index is 1.10. The van der Waals surface area contributed by atoms with Crippen LogP contribution in [0.2, 0.25) is 0 Å². The number of piperidine rings is 2. The van der Waals surface area contributed by atoms with Gasteiger partial charge in [-0.2, -0.15) is 0 Å². The minimum Gasteiger partial charge on any atom is -0.388 e. The summed E-state index contributed by atoms with van der Waals surface area (Å²) in [6.45, 7) is 6.09. The predicted molar refractivity (Wildman–Crippen MR) is 146 cm³/mol. The van der Waals surface area contributed by atoms with E-state index in [0.717, 1.165) is 30.2 Å². The Bertz CT molecular complexity index is 1370. The van der Waals surface area contributed by atoms with Crippen molar-refractivity contribution in [1.29, 1.82) is 0 Å². The Morgan fingerprint density at radius 1 is 1.16 bits per heavy atom. The van der Waals surface area contributed by atoms with E-state index in [9.17, 15) is 9.90 Å². The first-order valence-electron chi connectivity index (χ1n) is 13.3. The van der Waals surface area contributed by atoms with Crippen molar-refractivity contribution in [2.45, 2.75) is 37.7 Å². The molecule has 2 atom stereocenters. The fourth-order valence-corrected chi connectivity index (χ4v) is 6.89. The maximum Gasteiger partial charge on any atom is 0.226 e. The molecular weight excluding hydrogens is 482 g/mol. The van der Waals surface area contributed by atoms with E-state index in [1.54, 1.807) is 11.3 Å². The lowest BCUT2D eigenvalue weighted by Gasteiger charge is -2.43. The number of hydrogen-bond donors (Lipinski definition) is 2. The molecule has 194 valence electrons. The molecule has 2 N–H and O–H groups in total. The summed E-state index contributed by atoms with van der Waals surface area (Å²) in [6, 6.07) is 16.7. The first-order valence-corrected chi connectivity index (χ1v) is 14.1. The van der Waals surface area contributed by atoms with E-state index in [-0.39, 0.29) is 17.7 Å². The van der Waals surface area contributed by atoms with Crippen LogP contribution < -0.4 is 16.0 Å². The molecule has 0 bridgehead atoms. The van der Waals surface area contributed by atoms with Gasteiger partial charge < -0.3 is 20.2 Å². The summed E-state index contributed by atoms with van der Waals surface area (Å²) in [5.74, 6) is 0.442. The number of carbonyl (C=O) groups excluding carboxylic acids is 1. The molecule has 3 aliphatic heterocycles. The number of aliphatic hydroxyl groups is 1. The largest absolute Gasteiger partial charge is 0.388 e. The Morgan fingerprint density at radius 2 is 1.97 bits per heavy atom. The number of fused-ring (bicyclic) bond motifs is 1. The Labute approximate surface area is 221 Å². The Morgan fingerprint density at radius 3 is 2.73 bits per heavy atom. The van der Waals surface area contributed by atoms with E-state index in [4.69, 9.17) is 4.99 Å². The molecule has 5 heterocycles.